The monoisotopic (exact) mass is 324 g/mol. The summed E-state index contributed by atoms with van der Waals surface area (Å²) in [7, 11) is 0. The van der Waals surface area contributed by atoms with Gasteiger partial charge in [0.1, 0.15) is 0 Å². The number of nitrogens with zero attached hydrogens (tertiary/aromatic N) is 3. The van der Waals surface area contributed by atoms with Crippen LogP contribution in [0.25, 0.3) is 0 Å². The molecule has 0 amide bonds. The molecule has 0 radical (unpaired) electrons. The first-order chi connectivity index (χ1) is 10.4. The number of nitrogens with one attached hydrogen (secondary N) is 1. The Balaban J connectivity index is 2.08. The molecule has 4 nitrogen and oxygen atoms in total. The zero-order chi connectivity index (χ0) is 16.2. The smallest absolute Gasteiger partial charge is 0.260 e. The number of pyridine rings is 1. The van der Waals surface area contributed by atoms with E-state index in [0.717, 1.165) is 6.07 Å². The van der Waals surface area contributed by atoms with E-state index in [1.807, 2.05) is 6.07 Å². The van der Waals surface area contributed by atoms with Crippen LogP contribution in [0.1, 0.15) is 16.7 Å². The van der Waals surface area contributed by atoms with Crippen molar-refractivity contribution < 1.29 is 13.2 Å². The second-order valence-electron chi connectivity index (χ2n) is 4.16. The van der Waals surface area contributed by atoms with Gasteiger partial charge in [-0.3, -0.25) is 5.43 Å². The van der Waals surface area contributed by atoms with E-state index >= 15 is 0 Å². The number of aromatic nitrogens is 1. The van der Waals surface area contributed by atoms with Gasteiger partial charge in [-0.1, -0.05) is 23.7 Å². The zero-order valence-corrected chi connectivity index (χ0v) is 11.7. The molecule has 0 spiro atoms. The summed E-state index contributed by atoms with van der Waals surface area (Å²) in [6.45, 7) is 0. The molecule has 0 atom stereocenters. The lowest BCUT2D eigenvalue weighted by Crippen LogP contribution is -2.06. The summed E-state index contributed by atoms with van der Waals surface area (Å²) in [5.74, 6) is 0.0135. The summed E-state index contributed by atoms with van der Waals surface area (Å²) in [6.07, 6.45) is -2.40. The predicted octanol–water partition coefficient (Wildman–Crippen LogP) is 4.07. The zero-order valence-electron chi connectivity index (χ0n) is 10.9. The van der Waals surface area contributed by atoms with E-state index in [-0.39, 0.29) is 10.8 Å². The van der Waals surface area contributed by atoms with Crippen LogP contribution < -0.4 is 5.43 Å². The maximum atomic E-state index is 12.5. The van der Waals surface area contributed by atoms with Gasteiger partial charge in [0.2, 0.25) is 0 Å². The summed E-state index contributed by atoms with van der Waals surface area (Å²) < 4.78 is 37.4. The van der Waals surface area contributed by atoms with E-state index in [2.05, 4.69) is 15.5 Å². The van der Waals surface area contributed by atoms with E-state index in [0.29, 0.717) is 17.3 Å². The Morgan fingerprint density at radius 1 is 1.27 bits per heavy atom. The maximum Gasteiger partial charge on any atom is 0.417 e. The van der Waals surface area contributed by atoms with Gasteiger partial charge in [0, 0.05) is 6.20 Å². The molecule has 0 aliphatic heterocycles. The molecule has 0 bridgehead atoms. The van der Waals surface area contributed by atoms with Crippen LogP contribution in [0.2, 0.25) is 5.02 Å². The van der Waals surface area contributed by atoms with Crippen molar-refractivity contribution in [2.24, 2.45) is 5.10 Å². The van der Waals surface area contributed by atoms with E-state index in [1.54, 1.807) is 24.3 Å². The van der Waals surface area contributed by atoms with E-state index in [9.17, 15) is 13.2 Å². The molecule has 2 aromatic rings. The van der Waals surface area contributed by atoms with Crippen molar-refractivity contribution in [3.05, 3.63) is 58.2 Å². The highest BCUT2D eigenvalue weighted by molar-refractivity contribution is 6.32. The Kier molecular flexibility index (Phi) is 4.63. The van der Waals surface area contributed by atoms with E-state index in [4.69, 9.17) is 16.9 Å². The van der Waals surface area contributed by atoms with Gasteiger partial charge in [-0.05, 0) is 23.8 Å². The Labute approximate surface area is 128 Å². The Morgan fingerprint density at radius 3 is 2.50 bits per heavy atom. The van der Waals surface area contributed by atoms with Gasteiger partial charge in [-0.15, -0.1) is 0 Å². The third kappa shape index (κ3) is 3.96. The lowest BCUT2D eigenvalue weighted by molar-refractivity contribution is -0.137. The summed E-state index contributed by atoms with van der Waals surface area (Å²) in [4.78, 5) is 3.58. The van der Waals surface area contributed by atoms with Crippen molar-refractivity contribution in [3.63, 3.8) is 0 Å². The lowest BCUT2D eigenvalue weighted by atomic mass is 10.2. The summed E-state index contributed by atoms with van der Waals surface area (Å²) >= 11 is 5.72. The molecule has 2 rings (SSSR count). The third-order valence-electron chi connectivity index (χ3n) is 2.59. The molecule has 112 valence electrons. The van der Waals surface area contributed by atoms with Crippen LogP contribution in [0.4, 0.5) is 19.0 Å². The number of hydrazone groups is 1. The molecule has 0 saturated carbocycles. The highest BCUT2D eigenvalue weighted by atomic mass is 35.5. The minimum atomic E-state index is -4.50. The van der Waals surface area contributed by atoms with Gasteiger partial charge >= 0.3 is 6.18 Å². The molecule has 0 saturated heterocycles. The highest BCUT2D eigenvalue weighted by Crippen LogP contribution is 2.32. The molecule has 8 heteroatoms. The summed E-state index contributed by atoms with van der Waals surface area (Å²) in [5, 5.41) is 12.3. The number of nitriles is 1. The van der Waals surface area contributed by atoms with Gasteiger partial charge in [0.25, 0.3) is 0 Å². The molecule has 1 aromatic heterocycles. The van der Waals surface area contributed by atoms with Crippen LogP contribution >= 0.6 is 11.6 Å². The molecule has 0 aliphatic carbocycles. The van der Waals surface area contributed by atoms with Crippen molar-refractivity contribution >= 4 is 23.6 Å². The van der Waals surface area contributed by atoms with Crippen LogP contribution in [-0.2, 0) is 6.18 Å². The summed E-state index contributed by atoms with van der Waals surface area (Å²) in [6, 6.07) is 9.33. The first-order valence-electron chi connectivity index (χ1n) is 5.92. The fourth-order valence-corrected chi connectivity index (χ4v) is 1.70. The number of hydrogen-bond acceptors (Lipinski definition) is 4. The fourth-order valence-electron chi connectivity index (χ4n) is 1.49. The Bertz CT molecular complexity index is 733. The number of hydrogen-bond donors (Lipinski definition) is 1. The number of alkyl halides is 3. The molecule has 1 aromatic carbocycles. The topological polar surface area (TPSA) is 61.1 Å². The standard InChI is InChI=1S/C14H8ClF3N4/c15-12-5-11(14(16,17)18)8-20-13(12)22-21-7-10-3-1-9(6-19)2-4-10/h1-5,7-8H,(H,20,22)/b21-7+. The minimum absolute atomic E-state index is 0.0135. The first-order valence-corrected chi connectivity index (χ1v) is 6.30. The molecule has 0 unspecified atom stereocenters. The molecule has 1 N–H and O–H groups in total. The lowest BCUT2D eigenvalue weighted by Gasteiger charge is -2.08. The van der Waals surface area contributed by atoms with Crippen LogP contribution in [0.3, 0.4) is 0 Å². The fraction of sp³-hybridized carbons (Fsp3) is 0.0714. The molecule has 0 fully saturated rings. The SMILES string of the molecule is N#Cc1ccc(/C=N/Nc2ncc(C(F)(F)F)cc2Cl)cc1. The van der Waals surface area contributed by atoms with Crippen LogP contribution in [0.5, 0.6) is 0 Å². The number of benzene rings is 1. The van der Waals surface area contributed by atoms with Crippen LogP contribution in [0, 0.1) is 11.3 Å². The van der Waals surface area contributed by atoms with E-state index in [1.165, 1.54) is 6.21 Å². The summed E-state index contributed by atoms with van der Waals surface area (Å²) in [5.41, 5.74) is 2.75. The van der Waals surface area contributed by atoms with Crippen molar-refractivity contribution in [2.45, 2.75) is 6.18 Å². The Hall–Kier alpha value is -2.59. The largest absolute Gasteiger partial charge is 0.417 e. The van der Waals surface area contributed by atoms with Crippen molar-refractivity contribution in [1.29, 1.82) is 5.26 Å². The number of rotatable bonds is 3. The van der Waals surface area contributed by atoms with Gasteiger partial charge in [-0.2, -0.15) is 23.5 Å². The quantitative estimate of drug-likeness (QED) is 0.684. The van der Waals surface area contributed by atoms with Crippen molar-refractivity contribution in [3.8, 4) is 6.07 Å². The second-order valence-corrected chi connectivity index (χ2v) is 4.56. The predicted molar refractivity (Wildman–Crippen MR) is 76.6 cm³/mol. The molecular weight excluding hydrogens is 317 g/mol. The second kappa shape index (κ2) is 6.45. The van der Waals surface area contributed by atoms with Gasteiger partial charge in [-0.25, -0.2) is 4.98 Å². The van der Waals surface area contributed by atoms with Gasteiger partial charge < -0.3 is 0 Å². The van der Waals surface area contributed by atoms with E-state index < -0.39 is 11.7 Å². The molecular formula is C14H8ClF3N4. The minimum Gasteiger partial charge on any atom is -0.260 e. The molecule has 1 heterocycles. The average Bonchev–Trinajstić information content (AvgIpc) is 2.48. The average molecular weight is 325 g/mol. The van der Waals surface area contributed by atoms with Crippen LogP contribution in [0.15, 0.2) is 41.6 Å². The molecule has 22 heavy (non-hydrogen) atoms. The maximum absolute atomic E-state index is 12.5. The first kappa shape index (κ1) is 15.8. The number of halogens is 4. The highest BCUT2D eigenvalue weighted by Gasteiger charge is 2.31. The van der Waals surface area contributed by atoms with Crippen LogP contribution in [-0.4, -0.2) is 11.2 Å². The van der Waals surface area contributed by atoms with Gasteiger partial charge in [0.15, 0.2) is 5.82 Å². The normalized spacial score (nSPS) is 11.4. The number of anilines is 1. The third-order valence-corrected chi connectivity index (χ3v) is 2.88. The molecule has 0 aliphatic rings. The van der Waals surface area contributed by atoms with Gasteiger partial charge in [0.05, 0.1) is 28.4 Å². The Morgan fingerprint density at radius 2 is 1.95 bits per heavy atom. The van der Waals surface area contributed by atoms with Crippen molar-refractivity contribution in [1.82, 2.24) is 4.98 Å². The van der Waals surface area contributed by atoms with Crippen molar-refractivity contribution in [2.75, 3.05) is 5.43 Å².